The van der Waals surface area contributed by atoms with Crippen LogP contribution in [-0.2, 0) is 16.1 Å². The number of benzene rings is 2. The number of aromatic nitrogens is 2. The third kappa shape index (κ3) is 8.26. The second kappa shape index (κ2) is 15.3. The fourth-order valence-corrected chi connectivity index (χ4v) is 3.67. The largest absolute Gasteiger partial charge is 0.493 e. The highest BCUT2D eigenvalue weighted by molar-refractivity contribution is 5.92. The summed E-state index contributed by atoms with van der Waals surface area (Å²) in [6.07, 6.45) is -8.39. The van der Waals surface area contributed by atoms with Gasteiger partial charge in [0.15, 0.2) is 23.9 Å². The quantitative estimate of drug-likeness (QED) is 0.121. The van der Waals surface area contributed by atoms with Crippen LogP contribution < -0.4 is 31.0 Å². The van der Waals surface area contributed by atoms with Crippen LogP contribution in [0.4, 0.5) is 17.5 Å². The Hall–Kier alpha value is -4.48. The molecule has 12 N–H and O–H groups in total. The van der Waals surface area contributed by atoms with Gasteiger partial charge in [0.05, 0.1) is 26.8 Å². The van der Waals surface area contributed by atoms with Crippen molar-refractivity contribution in [2.45, 2.75) is 37.9 Å². The number of rotatable bonds is 11. The van der Waals surface area contributed by atoms with Gasteiger partial charge in [0.25, 0.3) is 0 Å². The average molecular weight is 582 g/mol. The number of aldehydes is 1. The minimum atomic E-state index is -2.25. The van der Waals surface area contributed by atoms with E-state index in [9.17, 15) is 9.59 Å². The van der Waals surface area contributed by atoms with Crippen LogP contribution in [0.3, 0.4) is 0 Å². The molecule has 3 rings (SSSR count). The summed E-state index contributed by atoms with van der Waals surface area (Å²) in [5, 5.41) is 47.4. The van der Waals surface area contributed by atoms with E-state index in [2.05, 4.69) is 15.3 Å². The van der Waals surface area contributed by atoms with Crippen molar-refractivity contribution < 1.29 is 54.8 Å². The fourth-order valence-electron chi connectivity index (χ4n) is 3.67. The highest BCUT2D eigenvalue weighted by Gasteiger charge is 2.34. The van der Waals surface area contributed by atoms with Crippen molar-refractivity contribution in [2.75, 3.05) is 38.1 Å². The molecule has 4 unspecified atom stereocenters. The first-order chi connectivity index (χ1) is 18.9. The van der Waals surface area contributed by atoms with Crippen LogP contribution in [0.2, 0.25) is 0 Å². The first kappa shape index (κ1) is 34.5. The maximum atomic E-state index is 10.1. The van der Waals surface area contributed by atoms with Crippen LogP contribution in [-0.4, -0.2) is 99.0 Å². The molecule has 0 saturated carbocycles. The topological polar surface area (TPSA) is 284 Å². The number of anilines is 3. The van der Waals surface area contributed by atoms with E-state index in [0.717, 1.165) is 27.7 Å². The van der Waals surface area contributed by atoms with Crippen molar-refractivity contribution in [3.63, 3.8) is 0 Å². The molecule has 226 valence electrons. The van der Waals surface area contributed by atoms with E-state index >= 15 is 0 Å². The Morgan fingerprint density at radius 1 is 1.00 bits per heavy atom. The summed E-state index contributed by atoms with van der Waals surface area (Å²) in [4.78, 5) is 28.3. The first-order valence-corrected chi connectivity index (χ1v) is 11.6. The van der Waals surface area contributed by atoms with E-state index < -0.39 is 30.4 Å². The van der Waals surface area contributed by atoms with Gasteiger partial charge in [-0.2, -0.15) is 4.98 Å². The van der Waals surface area contributed by atoms with Crippen LogP contribution in [0.25, 0.3) is 10.9 Å². The van der Waals surface area contributed by atoms with Crippen LogP contribution >= 0.6 is 0 Å². The standard InChI is InChI=1S/C19H23N5O3.C6H10O7.H2O/c1-10-11(5-6-13-16(10)18(20)24-19(21)23-13)9-22-12-7-14(25-2)17(27-4)15(8-12)26-3;7-1-2(8)3(9)4(10)5(11)6(12)13;/h5-8,22H,9H2,1-4H3,(H4,20,21,23,24);1-5,8-11H,(H,12,13);1H2. The van der Waals surface area contributed by atoms with Crippen LogP contribution in [0.5, 0.6) is 17.2 Å². The normalized spacial score (nSPS) is 13.4. The highest BCUT2D eigenvalue weighted by Crippen LogP contribution is 2.40. The second-order valence-electron chi connectivity index (χ2n) is 8.37. The molecule has 0 amide bonds. The van der Waals surface area contributed by atoms with Crippen LogP contribution in [0.15, 0.2) is 24.3 Å². The minimum absolute atomic E-state index is 0. The van der Waals surface area contributed by atoms with E-state index in [-0.39, 0.29) is 17.7 Å². The smallest absolute Gasteiger partial charge is 0.335 e. The molecule has 41 heavy (non-hydrogen) atoms. The van der Waals surface area contributed by atoms with Gasteiger partial charge < -0.3 is 66.8 Å². The summed E-state index contributed by atoms with van der Waals surface area (Å²) >= 11 is 0. The fraction of sp³-hybridized carbons (Fsp3) is 0.360. The number of carbonyl (C=O) groups excluding carboxylic acids is 1. The molecule has 0 saturated heterocycles. The summed E-state index contributed by atoms with van der Waals surface area (Å²) in [7, 11) is 4.75. The predicted molar refractivity (Wildman–Crippen MR) is 148 cm³/mol. The summed E-state index contributed by atoms with van der Waals surface area (Å²) in [5.41, 5.74) is 15.4. The number of nitrogen functional groups attached to an aromatic ring is 2. The molecule has 0 spiro atoms. The van der Waals surface area contributed by atoms with Gasteiger partial charge in [0.1, 0.15) is 24.1 Å². The second-order valence-corrected chi connectivity index (χ2v) is 8.37. The molecule has 3 aromatic rings. The van der Waals surface area contributed by atoms with Gasteiger partial charge in [-0.1, -0.05) is 6.07 Å². The zero-order chi connectivity index (χ0) is 30.1. The first-order valence-electron chi connectivity index (χ1n) is 11.6. The third-order valence-electron chi connectivity index (χ3n) is 5.84. The number of nitrogens with one attached hydrogen (secondary N) is 1. The summed E-state index contributed by atoms with van der Waals surface area (Å²) in [5.74, 6) is 0.511. The van der Waals surface area contributed by atoms with Gasteiger partial charge in [0, 0.05) is 29.8 Å². The number of nitrogens with two attached hydrogens (primary N) is 2. The monoisotopic (exact) mass is 581 g/mol. The molecular weight excluding hydrogens is 546 g/mol. The average Bonchev–Trinajstić information content (AvgIpc) is 2.94. The lowest BCUT2D eigenvalue weighted by molar-refractivity contribution is -0.163. The molecule has 0 aliphatic heterocycles. The molecule has 0 aliphatic rings. The maximum Gasteiger partial charge on any atom is 0.335 e. The van der Waals surface area contributed by atoms with Gasteiger partial charge in [-0.05, 0) is 24.1 Å². The molecule has 0 aliphatic carbocycles. The van der Waals surface area contributed by atoms with E-state index in [1.807, 2.05) is 31.2 Å². The number of aliphatic carboxylic acids is 1. The van der Waals surface area contributed by atoms with Crippen molar-refractivity contribution in [3.05, 3.63) is 35.4 Å². The minimum Gasteiger partial charge on any atom is -0.493 e. The summed E-state index contributed by atoms with van der Waals surface area (Å²) in [6.45, 7) is 2.56. The highest BCUT2D eigenvalue weighted by atomic mass is 16.5. The number of aryl methyl sites for hydroxylation is 1. The Morgan fingerprint density at radius 3 is 2.07 bits per heavy atom. The molecule has 2 aromatic carbocycles. The van der Waals surface area contributed by atoms with Gasteiger partial charge in [-0.25, -0.2) is 9.78 Å². The number of hydrogen-bond donors (Lipinski definition) is 8. The summed E-state index contributed by atoms with van der Waals surface area (Å²) < 4.78 is 16.1. The Kier molecular flexibility index (Phi) is 12.9. The molecule has 4 atom stereocenters. The number of carboxylic acid groups (broad SMARTS) is 1. The number of carbonyl (C=O) groups is 2. The Balaban J connectivity index is 0.000000512. The molecule has 0 fully saturated rings. The van der Waals surface area contributed by atoms with Crippen molar-refractivity contribution in [2.24, 2.45) is 0 Å². The van der Waals surface area contributed by atoms with Crippen LogP contribution in [0, 0.1) is 6.92 Å². The molecule has 1 heterocycles. The lowest BCUT2D eigenvalue weighted by Crippen LogP contribution is -2.48. The molecular formula is C25H35N5O11. The number of carboxylic acids is 1. The number of methoxy groups -OCH3 is 3. The number of nitrogens with zero attached hydrogens (tertiary/aromatic N) is 2. The zero-order valence-electron chi connectivity index (χ0n) is 22.7. The van der Waals surface area contributed by atoms with Crippen molar-refractivity contribution in [1.82, 2.24) is 9.97 Å². The van der Waals surface area contributed by atoms with Gasteiger partial charge in [-0.3, -0.25) is 0 Å². The van der Waals surface area contributed by atoms with E-state index in [1.54, 1.807) is 21.3 Å². The van der Waals surface area contributed by atoms with E-state index in [1.165, 1.54) is 0 Å². The lowest BCUT2D eigenvalue weighted by atomic mass is 10.0. The third-order valence-corrected chi connectivity index (χ3v) is 5.84. The molecule has 16 heteroatoms. The molecule has 16 nitrogen and oxygen atoms in total. The van der Waals surface area contributed by atoms with Gasteiger partial charge in [-0.15, -0.1) is 0 Å². The van der Waals surface area contributed by atoms with Crippen molar-refractivity contribution in [1.29, 1.82) is 0 Å². The number of aliphatic hydroxyl groups is 4. The zero-order valence-corrected chi connectivity index (χ0v) is 22.7. The molecule has 0 bridgehead atoms. The molecule has 0 radical (unpaired) electrons. The van der Waals surface area contributed by atoms with Crippen molar-refractivity contribution >= 4 is 40.6 Å². The van der Waals surface area contributed by atoms with Gasteiger partial charge in [0.2, 0.25) is 11.7 Å². The lowest BCUT2D eigenvalue weighted by Gasteiger charge is -2.21. The van der Waals surface area contributed by atoms with E-state index in [4.69, 9.17) is 51.2 Å². The van der Waals surface area contributed by atoms with Crippen LogP contribution in [0.1, 0.15) is 11.1 Å². The summed E-state index contributed by atoms with van der Waals surface area (Å²) in [6, 6.07) is 7.60. The predicted octanol–water partition coefficient (Wildman–Crippen LogP) is -1.37. The Morgan fingerprint density at radius 2 is 1.59 bits per heavy atom. The maximum absolute atomic E-state index is 10.1. The number of fused-ring (bicyclic) bond motifs is 1. The van der Waals surface area contributed by atoms with Crippen molar-refractivity contribution in [3.8, 4) is 17.2 Å². The van der Waals surface area contributed by atoms with E-state index in [0.29, 0.717) is 29.6 Å². The number of ether oxygens (including phenoxy) is 3. The van der Waals surface area contributed by atoms with Gasteiger partial charge >= 0.3 is 5.97 Å². The number of aliphatic hydroxyl groups excluding tert-OH is 4. The number of hydrogen-bond acceptors (Lipinski definition) is 14. The Bertz CT molecular complexity index is 1320. The Labute approximate surface area is 234 Å². The molecule has 1 aromatic heterocycles. The SMILES string of the molecule is COc1cc(NCc2ccc3nc(N)nc(N)c3c2C)cc(OC)c1OC.O.O=CC(O)C(O)C(O)C(O)C(=O)O.